The molecule has 0 N–H and O–H groups in total. The van der Waals surface area contributed by atoms with Gasteiger partial charge >= 0.3 is 5.97 Å². The third-order valence-electron chi connectivity index (χ3n) is 7.26. The van der Waals surface area contributed by atoms with Gasteiger partial charge in [-0.1, -0.05) is 120 Å². The Balaban J connectivity index is 1.96. The van der Waals surface area contributed by atoms with E-state index < -0.39 is 15.9 Å². The Kier molecular flexibility index (Phi) is 19.0. The van der Waals surface area contributed by atoms with Gasteiger partial charge in [0.15, 0.2) is 5.78 Å². The van der Waals surface area contributed by atoms with Crippen LogP contribution in [0.5, 0.6) is 5.75 Å². The van der Waals surface area contributed by atoms with Gasteiger partial charge < -0.3 is 23.8 Å². The van der Waals surface area contributed by atoms with Gasteiger partial charge in [0.25, 0.3) is 0 Å². The highest BCUT2D eigenvalue weighted by Gasteiger charge is 2.33. The van der Waals surface area contributed by atoms with Gasteiger partial charge in [-0.3, -0.25) is 9.59 Å². The van der Waals surface area contributed by atoms with E-state index in [0.29, 0.717) is 31.7 Å². The number of halogens is 3. The minimum absolute atomic E-state index is 0.0138. The molecule has 0 heterocycles. The van der Waals surface area contributed by atoms with E-state index >= 15 is 0 Å². The zero-order chi connectivity index (χ0) is 36.2. The number of hydrogen-bond donors (Lipinski definition) is 0. The van der Waals surface area contributed by atoms with Crippen molar-refractivity contribution >= 4 is 52.5 Å². The van der Waals surface area contributed by atoms with Crippen LogP contribution in [0.4, 0.5) is 0 Å². The molecule has 0 aliphatic carbocycles. The molecule has 266 valence electrons. The van der Waals surface area contributed by atoms with Crippen LogP contribution in [0.2, 0.25) is 0 Å². The number of ether oxygens (including phenoxy) is 4. The average molecular weight is 735 g/mol. The molecule has 0 spiro atoms. The minimum atomic E-state index is -1.62. The van der Waals surface area contributed by atoms with Gasteiger partial charge in [-0.25, -0.2) is 4.79 Å². The number of carbonyl (C=O) groups is 3. The first-order chi connectivity index (χ1) is 23.3. The second kappa shape index (κ2) is 22.3. The fourth-order valence-electron chi connectivity index (χ4n) is 4.65. The molecular formula is C38H46Cl3NO7. The summed E-state index contributed by atoms with van der Waals surface area (Å²) in [7, 11) is 2.88. The number of rotatable bonds is 20. The maximum Gasteiger partial charge on any atom is 0.330 e. The summed E-state index contributed by atoms with van der Waals surface area (Å²) in [5, 5.41) is 0. The van der Waals surface area contributed by atoms with Crippen molar-refractivity contribution in [3.8, 4) is 5.75 Å². The average Bonchev–Trinajstić information content (AvgIpc) is 3.06. The fourth-order valence-corrected chi connectivity index (χ4v) is 5.16. The summed E-state index contributed by atoms with van der Waals surface area (Å²) in [6.07, 6.45) is 9.88. The van der Waals surface area contributed by atoms with Crippen LogP contribution in [-0.2, 0) is 41.7 Å². The number of nitrogens with zero attached hydrogens (tertiary/aromatic N) is 1. The Morgan fingerprint density at radius 1 is 0.898 bits per heavy atom. The predicted octanol–water partition coefficient (Wildman–Crippen LogP) is 8.51. The van der Waals surface area contributed by atoms with E-state index in [-0.39, 0.29) is 37.4 Å². The van der Waals surface area contributed by atoms with Crippen LogP contribution >= 0.6 is 34.8 Å². The van der Waals surface area contributed by atoms with Crippen LogP contribution in [0.3, 0.4) is 0 Å². The summed E-state index contributed by atoms with van der Waals surface area (Å²) in [4.78, 5) is 39.2. The summed E-state index contributed by atoms with van der Waals surface area (Å²) < 4.78 is 19.6. The number of allylic oxidation sites excluding steroid dienone is 6. The molecule has 2 aromatic carbocycles. The van der Waals surface area contributed by atoms with Crippen LogP contribution in [0, 0.1) is 5.92 Å². The molecular weight excluding hydrogens is 689 g/mol. The van der Waals surface area contributed by atoms with E-state index in [1.165, 1.54) is 19.3 Å². The van der Waals surface area contributed by atoms with Crippen LogP contribution < -0.4 is 4.74 Å². The van der Waals surface area contributed by atoms with Crippen molar-refractivity contribution in [1.82, 2.24) is 4.90 Å². The molecule has 0 radical (unpaired) electrons. The van der Waals surface area contributed by atoms with Crippen molar-refractivity contribution in [2.75, 3.05) is 27.6 Å². The molecule has 49 heavy (non-hydrogen) atoms. The summed E-state index contributed by atoms with van der Waals surface area (Å²) >= 11 is 18.6. The number of carbonyl (C=O) groups excluding carboxylic acids is 3. The van der Waals surface area contributed by atoms with E-state index in [4.69, 9.17) is 49.0 Å². The highest BCUT2D eigenvalue weighted by molar-refractivity contribution is 6.68. The lowest BCUT2D eigenvalue weighted by molar-refractivity contribution is -0.135. The molecule has 2 unspecified atom stereocenters. The molecule has 0 fully saturated rings. The van der Waals surface area contributed by atoms with Gasteiger partial charge in [0.2, 0.25) is 9.70 Å². The fraction of sp³-hybridized carbons (Fsp3) is 0.395. The van der Waals surface area contributed by atoms with E-state index in [2.05, 4.69) is 4.74 Å². The van der Waals surface area contributed by atoms with Crippen molar-refractivity contribution in [2.45, 2.75) is 63.1 Å². The van der Waals surface area contributed by atoms with Crippen LogP contribution in [0.25, 0.3) is 0 Å². The molecule has 0 aliphatic rings. The lowest BCUT2D eigenvalue weighted by atomic mass is 10.00. The first kappa shape index (κ1) is 41.8. The van der Waals surface area contributed by atoms with Crippen LogP contribution in [0.15, 0.2) is 102 Å². The van der Waals surface area contributed by atoms with Crippen LogP contribution in [0.1, 0.15) is 51.2 Å². The lowest BCUT2D eigenvalue weighted by Gasteiger charge is -2.25. The zero-order valence-corrected chi connectivity index (χ0v) is 31.0. The first-order valence-corrected chi connectivity index (χ1v) is 17.0. The third-order valence-corrected chi connectivity index (χ3v) is 7.99. The molecule has 0 saturated heterocycles. The van der Waals surface area contributed by atoms with Gasteiger partial charge in [-0.15, -0.1) is 0 Å². The lowest BCUT2D eigenvalue weighted by Crippen LogP contribution is -2.33. The first-order valence-electron chi connectivity index (χ1n) is 15.8. The SMILES string of the molecule is COC(=O)/C=C/C=C(/C)CN(Cc1ccc(OC)cc1)C(=O)CC(=O)/C=C/C(C)=C/C(C)CCC(OCOCc1ccccc1)C(Cl)(Cl)Cl. The van der Waals surface area contributed by atoms with Crippen molar-refractivity contribution in [2.24, 2.45) is 5.92 Å². The standard InChI is InChI=1S/C38H46Cl3NO7/c1-28(22-29(2)15-21-35(38(39,40)41)49-27-48-26-32-11-7-6-8-12-32)14-18-33(43)23-36(44)42(24-30(3)10-9-13-37(45)47-5)25-31-16-19-34(46-4)20-17-31/h6-14,16-20,22,29,35H,15,21,23-27H2,1-5H3/b13-9+,18-14+,28-22+,30-10-. The Labute approximate surface area is 305 Å². The Morgan fingerprint density at radius 2 is 1.59 bits per heavy atom. The maximum atomic E-state index is 13.3. The smallest absolute Gasteiger partial charge is 0.330 e. The molecule has 0 aliphatic heterocycles. The summed E-state index contributed by atoms with van der Waals surface area (Å²) in [5.41, 5.74) is 3.57. The number of ketones is 1. The van der Waals surface area contributed by atoms with Gasteiger partial charge in [0.1, 0.15) is 18.6 Å². The Bertz CT molecular complexity index is 1450. The van der Waals surface area contributed by atoms with Crippen molar-refractivity contribution < 1.29 is 33.3 Å². The number of hydrogen-bond acceptors (Lipinski definition) is 7. The van der Waals surface area contributed by atoms with Gasteiger partial charge in [0, 0.05) is 19.2 Å². The normalized spacial score (nSPS) is 13.8. The van der Waals surface area contributed by atoms with Gasteiger partial charge in [0.05, 0.1) is 27.2 Å². The molecule has 11 heteroatoms. The predicted molar refractivity (Wildman–Crippen MR) is 196 cm³/mol. The number of alkyl halides is 3. The van der Waals surface area contributed by atoms with E-state index in [1.54, 1.807) is 30.2 Å². The monoisotopic (exact) mass is 733 g/mol. The second-order valence-corrected chi connectivity index (χ2v) is 14.0. The van der Waals surface area contributed by atoms with E-state index in [9.17, 15) is 14.4 Å². The van der Waals surface area contributed by atoms with Gasteiger partial charge in [-0.2, -0.15) is 0 Å². The highest BCUT2D eigenvalue weighted by Crippen LogP contribution is 2.35. The molecule has 2 rings (SSSR count). The summed E-state index contributed by atoms with van der Waals surface area (Å²) in [6.45, 7) is 6.68. The van der Waals surface area contributed by atoms with Crippen molar-refractivity contribution in [1.29, 1.82) is 0 Å². The number of amides is 1. The molecule has 0 saturated carbocycles. The quantitative estimate of drug-likeness (QED) is 0.0256. The number of benzene rings is 2. The third kappa shape index (κ3) is 17.7. The molecule has 2 aromatic rings. The van der Waals surface area contributed by atoms with E-state index in [1.807, 2.05) is 81.4 Å². The molecule has 0 bridgehead atoms. The maximum absolute atomic E-state index is 13.3. The summed E-state index contributed by atoms with van der Waals surface area (Å²) in [6, 6.07) is 17.1. The Morgan fingerprint density at radius 3 is 2.22 bits per heavy atom. The highest BCUT2D eigenvalue weighted by atomic mass is 35.6. The van der Waals surface area contributed by atoms with Crippen LogP contribution in [-0.4, -0.2) is 60.0 Å². The topological polar surface area (TPSA) is 91.4 Å². The number of methoxy groups -OCH3 is 2. The molecule has 0 aromatic heterocycles. The molecule has 8 nitrogen and oxygen atoms in total. The zero-order valence-electron chi connectivity index (χ0n) is 28.7. The largest absolute Gasteiger partial charge is 0.497 e. The second-order valence-electron chi connectivity index (χ2n) is 11.6. The molecule has 1 amide bonds. The number of esters is 1. The van der Waals surface area contributed by atoms with Gasteiger partial charge in [-0.05, 0) is 61.9 Å². The van der Waals surface area contributed by atoms with E-state index in [0.717, 1.165) is 22.3 Å². The summed E-state index contributed by atoms with van der Waals surface area (Å²) in [5.74, 6) is -0.333. The van der Waals surface area contributed by atoms with Crippen molar-refractivity contribution in [3.05, 3.63) is 113 Å². The molecule has 2 atom stereocenters. The van der Waals surface area contributed by atoms with Crippen molar-refractivity contribution in [3.63, 3.8) is 0 Å². The minimum Gasteiger partial charge on any atom is -0.497 e. The Hall–Kier alpha value is -3.40.